The highest BCUT2D eigenvalue weighted by atomic mass is 16.6. The number of benzene rings is 1. The van der Waals surface area contributed by atoms with E-state index in [0.29, 0.717) is 11.3 Å². The summed E-state index contributed by atoms with van der Waals surface area (Å²) in [7, 11) is 0. The SMILES string of the molecule is CC(=O)NC(COc1ccc([N+](=O)[O-])cc1C)C(=O)O. The standard InChI is InChI=1S/C12H14N2O6/c1-7-5-9(14(18)19)3-4-11(7)20-6-10(12(16)17)13-8(2)15/h3-5,10H,6H2,1-2H3,(H,13,15)(H,16,17). The Bertz CT molecular complexity index is 543. The quantitative estimate of drug-likeness (QED) is 0.590. The topological polar surface area (TPSA) is 119 Å². The predicted octanol–water partition coefficient (Wildman–Crippen LogP) is 0.871. The van der Waals surface area contributed by atoms with Crippen molar-refractivity contribution >= 4 is 17.6 Å². The van der Waals surface area contributed by atoms with E-state index in [1.807, 2.05) is 0 Å². The van der Waals surface area contributed by atoms with Crippen molar-refractivity contribution in [3.63, 3.8) is 0 Å². The zero-order valence-corrected chi connectivity index (χ0v) is 11.0. The Morgan fingerprint density at radius 1 is 1.50 bits per heavy atom. The molecule has 0 aliphatic rings. The summed E-state index contributed by atoms with van der Waals surface area (Å²) >= 11 is 0. The van der Waals surface area contributed by atoms with Gasteiger partial charge in [0.05, 0.1) is 4.92 Å². The van der Waals surface area contributed by atoms with Crippen LogP contribution in [0, 0.1) is 17.0 Å². The van der Waals surface area contributed by atoms with Crippen LogP contribution >= 0.6 is 0 Å². The number of nitrogens with zero attached hydrogens (tertiary/aromatic N) is 1. The monoisotopic (exact) mass is 282 g/mol. The second-order valence-corrected chi connectivity index (χ2v) is 4.11. The average Bonchev–Trinajstić information content (AvgIpc) is 2.34. The molecule has 1 amide bonds. The van der Waals surface area contributed by atoms with Crippen LogP contribution in [0.2, 0.25) is 0 Å². The first-order chi connectivity index (χ1) is 9.31. The Balaban J connectivity index is 2.75. The van der Waals surface area contributed by atoms with Gasteiger partial charge in [-0.2, -0.15) is 0 Å². The summed E-state index contributed by atoms with van der Waals surface area (Å²) in [6.07, 6.45) is 0. The smallest absolute Gasteiger partial charge is 0.329 e. The van der Waals surface area contributed by atoms with Gasteiger partial charge in [-0.15, -0.1) is 0 Å². The Morgan fingerprint density at radius 3 is 2.60 bits per heavy atom. The molecular weight excluding hydrogens is 268 g/mol. The van der Waals surface area contributed by atoms with Crippen LogP contribution in [0.15, 0.2) is 18.2 Å². The number of nitro groups is 1. The lowest BCUT2D eigenvalue weighted by molar-refractivity contribution is -0.384. The highest BCUT2D eigenvalue weighted by molar-refractivity contribution is 5.82. The summed E-state index contributed by atoms with van der Waals surface area (Å²) in [6, 6.07) is 2.79. The zero-order chi connectivity index (χ0) is 15.3. The second kappa shape index (κ2) is 6.50. The number of ether oxygens (including phenoxy) is 1. The molecule has 0 saturated heterocycles. The van der Waals surface area contributed by atoms with Crippen molar-refractivity contribution in [1.29, 1.82) is 0 Å². The molecule has 0 fully saturated rings. The number of nitrogens with one attached hydrogen (secondary N) is 1. The number of carboxylic acid groups (broad SMARTS) is 1. The Morgan fingerprint density at radius 2 is 2.15 bits per heavy atom. The summed E-state index contributed by atoms with van der Waals surface area (Å²) in [5.41, 5.74) is 0.428. The first-order valence-corrected chi connectivity index (χ1v) is 5.69. The van der Waals surface area contributed by atoms with E-state index in [9.17, 15) is 19.7 Å². The summed E-state index contributed by atoms with van der Waals surface area (Å²) in [5, 5.41) is 21.7. The van der Waals surface area contributed by atoms with Crippen molar-refractivity contribution in [3.8, 4) is 5.75 Å². The number of carboxylic acids is 1. The third kappa shape index (κ3) is 4.23. The highest BCUT2D eigenvalue weighted by Gasteiger charge is 2.19. The van der Waals surface area contributed by atoms with Gasteiger partial charge in [0.25, 0.3) is 5.69 Å². The van der Waals surface area contributed by atoms with Crippen molar-refractivity contribution in [2.45, 2.75) is 19.9 Å². The van der Waals surface area contributed by atoms with Crippen LogP contribution in [0.25, 0.3) is 0 Å². The second-order valence-electron chi connectivity index (χ2n) is 4.11. The van der Waals surface area contributed by atoms with Gasteiger partial charge >= 0.3 is 5.97 Å². The fraction of sp³-hybridized carbons (Fsp3) is 0.333. The molecule has 1 unspecified atom stereocenters. The molecule has 0 heterocycles. The van der Waals surface area contributed by atoms with Crippen molar-refractivity contribution < 1.29 is 24.4 Å². The number of aryl methyl sites for hydroxylation is 1. The van der Waals surface area contributed by atoms with Crippen LogP contribution in [0.3, 0.4) is 0 Å². The van der Waals surface area contributed by atoms with Crippen LogP contribution in [0.1, 0.15) is 12.5 Å². The van der Waals surface area contributed by atoms with E-state index < -0.39 is 22.8 Å². The molecule has 0 aliphatic heterocycles. The van der Waals surface area contributed by atoms with Gasteiger partial charge in [0, 0.05) is 19.1 Å². The molecule has 1 rings (SSSR count). The summed E-state index contributed by atoms with van der Waals surface area (Å²) in [5.74, 6) is -1.38. The number of nitro benzene ring substituents is 1. The molecule has 1 aromatic carbocycles. The highest BCUT2D eigenvalue weighted by Crippen LogP contribution is 2.23. The van der Waals surface area contributed by atoms with Crippen molar-refractivity contribution in [1.82, 2.24) is 5.32 Å². The Hall–Kier alpha value is -2.64. The van der Waals surface area contributed by atoms with Crippen LogP contribution in [-0.4, -0.2) is 34.6 Å². The summed E-state index contributed by atoms with van der Waals surface area (Å²) < 4.78 is 5.28. The number of aliphatic carboxylic acids is 1. The molecule has 20 heavy (non-hydrogen) atoms. The number of non-ortho nitro benzene ring substituents is 1. The Kier molecular flexibility index (Phi) is 5.01. The van der Waals surface area contributed by atoms with Crippen LogP contribution in [0.5, 0.6) is 5.75 Å². The van der Waals surface area contributed by atoms with Gasteiger partial charge in [-0.1, -0.05) is 0 Å². The first-order valence-electron chi connectivity index (χ1n) is 5.69. The molecule has 0 saturated carbocycles. The van der Waals surface area contributed by atoms with Crippen LogP contribution in [-0.2, 0) is 9.59 Å². The molecule has 8 heteroatoms. The van der Waals surface area contributed by atoms with Gasteiger partial charge < -0.3 is 15.2 Å². The van der Waals surface area contributed by atoms with Gasteiger partial charge in [-0.05, 0) is 18.6 Å². The molecule has 0 bridgehead atoms. The molecule has 1 atom stereocenters. The molecule has 108 valence electrons. The first kappa shape index (κ1) is 15.4. The maximum atomic E-state index is 10.9. The minimum Gasteiger partial charge on any atom is -0.491 e. The largest absolute Gasteiger partial charge is 0.491 e. The van der Waals surface area contributed by atoms with E-state index in [-0.39, 0.29) is 12.3 Å². The third-order valence-corrected chi connectivity index (χ3v) is 2.45. The molecule has 2 N–H and O–H groups in total. The molecule has 8 nitrogen and oxygen atoms in total. The maximum Gasteiger partial charge on any atom is 0.329 e. The van der Waals surface area contributed by atoms with E-state index in [4.69, 9.17) is 9.84 Å². The lowest BCUT2D eigenvalue weighted by Crippen LogP contribution is -2.43. The van der Waals surface area contributed by atoms with E-state index >= 15 is 0 Å². The van der Waals surface area contributed by atoms with Gasteiger partial charge in [-0.3, -0.25) is 14.9 Å². The molecular formula is C12H14N2O6. The average molecular weight is 282 g/mol. The van der Waals surface area contributed by atoms with Gasteiger partial charge in [0.1, 0.15) is 12.4 Å². The minimum atomic E-state index is -1.22. The van der Waals surface area contributed by atoms with Gasteiger partial charge in [-0.25, -0.2) is 4.79 Å². The van der Waals surface area contributed by atoms with Gasteiger partial charge in [0.2, 0.25) is 5.91 Å². The number of rotatable bonds is 6. The fourth-order valence-corrected chi connectivity index (χ4v) is 1.50. The molecule has 0 aromatic heterocycles. The summed E-state index contributed by atoms with van der Waals surface area (Å²) in [6.45, 7) is 2.54. The van der Waals surface area contributed by atoms with E-state index in [2.05, 4.69) is 5.32 Å². The molecule has 0 radical (unpaired) electrons. The fourth-order valence-electron chi connectivity index (χ4n) is 1.50. The zero-order valence-electron chi connectivity index (χ0n) is 11.0. The number of amides is 1. The Labute approximate surface area is 114 Å². The number of carbonyl (C=O) groups excluding carboxylic acids is 1. The molecule has 0 spiro atoms. The van der Waals surface area contributed by atoms with Gasteiger partial charge in [0.15, 0.2) is 6.04 Å². The number of carbonyl (C=O) groups is 2. The predicted molar refractivity (Wildman–Crippen MR) is 68.6 cm³/mol. The van der Waals surface area contributed by atoms with E-state index in [0.717, 1.165) is 0 Å². The normalized spacial score (nSPS) is 11.5. The lowest BCUT2D eigenvalue weighted by Gasteiger charge is -2.15. The van der Waals surface area contributed by atoms with E-state index in [1.165, 1.54) is 25.1 Å². The minimum absolute atomic E-state index is 0.0773. The maximum absolute atomic E-state index is 10.9. The van der Waals surface area contributed by atoms with Crippen molar-refractivity contribution in [2.24, 2.45) is 0 Å². The lowest BCUT2D eigenvalue weighted by atomic mass is 10.2. The molecule has 1 aromatic rings. The van der Waals surface area contributed by atoms with Crippen LogP contribution in [0.4, 0.5) is 5.69 Å². The van der Waals surface area contributed by atoms with Crippen LogP contribution < -0.4 is 10.1 Å². The number of hydrogen-bond acceptors (Lipinski definition) is 5. The van der Waals surface area contributed by atoms with Crippen molar-refractivity contribution in [3.05, 3.63) is 33.9 Å². The summed E-state index contributed by atoms with van der Waals surface area (Å²) in [4.78, 5) is 31.8. The third-order valence-electron chi connectivity index (χ3n) is 2.45. The number of hydrogen-bond donors (Lipinski definition) is 2. The molecule has 0 aliphatic carbocycles. The van der Waals surface area contributed by atoms with E-state index in [1.54, 1.807) is 6.92 Å². The van der Waals surface area contributed by atoms with Crippen molar-refractivity contribution in [2.75, 3.05) is 6.61 Å².